The van der Waals surface area contributed by atoms with Crippen molar-refractivity contribution in [3.63, 3.8) is 0 Å². The molecule has 2 aliphatic rings. The standard InChI is InChI=1S/C16H26N2O/c1-12(9-16-3-2-8-19-16)17-7-6-13-10-14-4-5-15(11-13)18-14/h2-3,8,12-15,17-18H,4-7,9-11H2,1H3. The molecule has 2 fully saturated rings. The first-order chi connectivity index (χ1) is 9.29. The van der Waals surface area contributed by atoms with Crippen LogP contribution < -0.4 is 10.6 Å². The fourth-order valence-corrected chi connectivity index (χ4v) is 3.75. The zero-order chi connectivity index (χ0) is 13.1. The van der Waals surface area contributed by atoms with E-state index in [2.05, 4.69) is 23.6 Å². The van der Waals surface area contributed by atoms with Gasteiger partial charge in [0, 0.05) is 24.5 Å². The van der Waals surface area contributed by atoms with Crippen molar-refractivity contribution in [2.45, 2.75) is 63.6 Å². The summed E-state index contributed by atoms with van der Waals surface area (Å²) in [7, 11) is 0. The number of rotatable bonds is 6. The van der Waals surface area contributed by atoms with Gasteiger partial charge in [0.15, 0.2) is 0 Å². The highest BCUT2D eigenvalue weighted by Gasteiger charge is 2.32. The molecule has 0 saturated carbocycles. The molecule has 1 aromatic rings. The number of furan rings is 1. The third-order valence-electron chi connectivity index (χ3n) is 4.70. The molecule has 2 bridgehead atoms. The monoisotopic (exact) mass is 262 g/mol. The predicted octanol–water partition coefficient (Wildman–Crippen LogP) is 2.72. The van der Waals surface area contributed by atoms with E-state index >= 15 is 0 Å². The molecule has 3 nitrogen and oxygen atoms in total. The summed E-state index contributed by atoms with van der Waals surface area (Å²) in [5, 5.41) is 7.35. The van der Waals surface area contributed by atoms with E-state index in [0.29, 0.717) is 6.04 Å². The lowest BCUT2D eigenvalue weighted by Crippen LogP contribution is -2.39. The molecule has 3 heterocycles. The Labute approximate surface area is 116 Å². The highest BCUT2D eigenvalue weighted by atomic mass is 16.3. The van der Waals surface area contributed by atoms with E-state index in [1.807, 2.05) is 6.07 Å². The SMILES string of the molecule is CC(Cc1ccco1)NCCC1CC2CCC(C1)N2. The summed E-state index contributed by atoms with van der Waals surface area (Å²) in [5.74, 6) is 2.02. The van der Waals surface area contributed by atoms with Crippen molar-refractivity contribution in [2.24, 2.45) is 5.92 Å². The minimum Gasteiger partial charge on any atom is -0.469 e. The number of hydrogen-bond donors (Lipinski definition) is 2. The summed E-state index contributed by atoms with van der Waals surface area (Å²) in [6.45, 7) is 3.39. The maximum absolute atomic E-state index is 5.39. The van der Waals surface area contributed by atoms with Crippen LogP contribution >= 0.6 is 0 Å². The Balaban J connectivity index is 1.34. The lowest BCUT2D eigenvalue weighted by molar-refractivity contribution is 0.280. The van der Waals surface area contributed by atoms with Crippen LogP contribution in [0.3, 0.4) is 0 Å². The molecule has 0 amide bonds. The van der Waals surface area contributed by atoms with Crippen molar-refractivity contribution in [1.82, 2.24) is 10.6 Å². The van der Waals surface area contributed by atoms with Crippen molar-refractivity contribution < 1.29 is 4.42 Å². The van der Waals surface area contributed by atoms with E-state index in [9.17, 15) is 0 Å². The van der Waals surface area contributed by atoms with Crippen LogP contribution in [0.15, 0.2) is 22.8 Å². The van der Waals surface area contributed by atoms with Gasteiger partial charge >= 0.3 is 0 Å². The van der Waals surface area contributed by atoms with Gasteiger partial charge in [-0.3, -0.25) is 0 Å². The van der Waals surface area contributed by atoms with Crippen LogP contribution in [0.4, 0.5) is 0 Å². The van der Waals surface area contributed by atoms with E-state index in [0.717, 1.165) is 36.7 Å². The minimum absolute atomic E-state index is 0.504. The molecule has 2 aliphatic heterocycles. The maximum atomic E-state index is 5.39. The van der Waals surface area contributed by atoms with Gasteiger partial charge in [0.2, 0.25) is 0 Å². The van der Waals surface area contributed by atoms with Crippen molar-refractivity contribution in [1.29, 1.82) is 0 Å². The molecule has 0 aromatic carbocycles. The van der Waals surface area contributed by atoms with Gasteiger partial charge < -0.3 is 15.1 Å². The molecule has 3 atom stereocenters. The van der Waals surface area contributed by atoms with Gasteiger partial charge in [-0.05, 0) is 63.6 Å². The lowest BCUT2D eigenvalue weighted by Gasteiger charge is -2.29. The van der Waals surface area contributed by atoms with Crippen LogP contribution in [-0.2, 0) is 6.42 Å². The molecular weight excluding hydrogens is 236 g/mol. The van der Waals surface area contributed by atoms with E-state index in [4.69, 9.17) is 4.42 Å². The van der Waals surface area contributed by atoms with Gasteiger partial charge in [-0.2, -0.15) is 0 Å². The van der Waals surface area contributed by atoms with Gasteiger partial charge in [0.25, 0.3) is 0 Å². The van der Waals surface area contributed by atoms with Crippen LogP contribution in [0.2, 0.25) is 0 Å². The molecule has 0 radical (unpaired) electrons. The fraction of sp³-hybridized carbons (Fsp3) is 0.750. The van der Waals surface area contributed by atoms with Gasteiger partial charge in [-0.25, -0.2) is 0 Å². The molecule has 3 heteroatoms. The molecule has 3 rings (SSSR count). The van der Waals surface area contributed by atoms with Crippen molar-refractivity contribution in [3.8, 4) is 0 Å². The number of piperidine rings is 1. The summed E-state index contributed by atoms with van der Waals surface area (Å²) < 4.78 is 5.39. The third-order valence-corrected chi connectivity index (χ3v) is 4.70. The highest BCUT2D eigenvalue weighted by Crippen LogP contribution is 2.32. The van der Waals surface area contributed by atoms with Crippen LogP contribution in [0.5, 0.6) is 0 Å². The lowest BCUT2D eigenvalue weighted by atomic mass is 9.89. The Bertz CT molecular complexity index is 364. The van der Waals surface area contributed by atoms with E-state index in [-0.39, 0.29) is 0 Å². The van der Waals surface area contributed by atoms with Crippen LogP contribution in [0, 0.1) is 5.92 Å². The van der Waals surface area contributed by atoms with Crippen molar-refractivity contribution >= 4 is 0 Å². The first-order valence-electron chi connectivity index (χ1n) is 7.81. The Kier molecular flexibility index (Phi) is 4.24. The normalized spacial score (nSPS) is 31.5. The molecule has 0 spiro atoms. The Hall–Kier alpha value is -0.800. The number of fused-ring (bicyclic) bond motifs is 2. The van der Waals surface area contributed by atoms with Gasteiger partial charge in [-0.1, -0.05) is 0 Å². The van der Waals surface area contributed by atoms with Gasteiger partial charge in [0.1, 0.15) is 5.76 Å². The molecule has 19 heavy (non-hydrogen) atoms. The van der Waals surface area contributed by atoms with Crippen LogP contribution in [-0.4, -0.2) is 24.7 Å². The fourth-order valence-electron chi connectivity index (χ4n) is 3.75. The molecular formula is C16H26N2O. The number of hydrogen-bond acceptors (Lipinski definition) is 3. The van der Waals surface area contributed by atoms with Gasteiger partial charge in [-0.15, -0.1) is 0 Å². The van der Waals surface area contributed by atoms with Crippen molar-refractivity contribution in [3.05, 3.63) is 24.2 Å². The molecule has 2 N–H and O–H groups in total. The summed E-state index contributed by atoms with van der Waals surface area (Å²) in [6.07, 6.45) is 9.68. The molecule has 106 valence electrons. The minimum atomic E-state index is 0.504. The average molecular weight is 262 g/mol. The Morgan fingerprint density at radius 3 is 2.84 bits per heavy atom. The summed E-state index contributed by atoms with van der Waals surface area (Å²) in [5.41, 5.74) is 0. The van der Waals surface area contributed by atoms with Crippen LogP contribution in [0.25, 0.3) is 0 Å². The Morgan fingerprint density at radius 1 is 1.37 bits per heavy atom. The van der Waals surface area contributed by atoms with Crippen molar-refractivity contribution in [2.75, 3.05) is 6.54 Å². The first kappa shape index (κ1) is 13.2. The summed E-state index contributed by atoms with van der Waals surface area (Å²) >= 11 is 0. The molecule has 0 aliphatic carbocycles. The zero-order valence-electron chi connectivity index (χ0n) is 11.9. The smallest absolute Gasteiger partial charge is 0.105 e. The highest BCUT2D eigenvalue weighted by molar-refractivity contribution is 5.00. The average Bonchev–Trinajstić information content (AvgIpc) is 3.00. The molecule has 3 unspecified atom stereocenters. The topological polar surface area (TPSA) is 37.2 Å². The molecule has 1 aromatic heterocycles. The third kappa shape index (κ3) is 3.61. The largest absolute Gasteiger partial charge is 0.469 e. The maximum Gasteiger partial charge on any atom is 0.105 e. The predicted molar refractivity (Wildman–Crippen MR) is 77.2 cm³/mol. The van der Waals surface area contributed by atoms with Crippen LogP contribution in [0.1, 0.15) is 44.8 Å². The second kappa shape index (κ2) is 6.10. The van der Waals surface area contributed by atoms with E-state index in [1.54, 1.807) is 6.26 Å². The second-order valence-corrected chi connectivity index (χ2v) is 6.40. The zero-order valence-corrected chi connectivity index (χ0v) is 11.9. The van der Waals surface area contributed by atoms with Gasteiger partial charge in [0.05, 0.1) is 6.26 Å². The Morgan fingerprint density at radius 2 is 2.16 bits per heavy atom. The van der Waals surface area contributed by atoms with E-state index in [1.165, 1.54) is 32.1 Å². The quantitative estimate of drug-likeness (QED) is 0.827. The number of nitrogens with one attached hydrogen (secondary N) is 2. The van der Waals surface area contributed by atoms with E-state index < -0.39 is 0 Å². The molecule has 2 saturated heterocycles. The summed E-state index contributed by atoms with van der Waals surface area (Å²) in [4.78, 5) is 0. The summed E-state index contributed by atoms with van der Waals surface area (Å²) in [6, 6.07) is 6.17. The first-order valence-corrected chi connectivity index (χ1v) is 7.81. The second-order valence-electron chi connectivity index (χ2n) is 6.40.